The summed E-state index contributed by atoms with van der Waals surface area (Å²) in [6.45, 7) is 0.0689. The molecule has 1 N–H and O–H groups in total. The molecule has 4 heteroatoms. The van der Waals surface area contributed by atoms with E-state index in [9.17, 15) is 4.79 Å². The van der Waals surface area contributed by atoms with Crippen molar-refractivity contribution in [3.63, 3.8) is 0 Å². The molecule has 0 fully saturated rings. The molecule has 1 aromatic rings. The highest BCUT2D eigenvalue weighted by Gasteiger charge is 2.09. The lowest BCUT2D eigenvalue weighted by Crippen LogP contribution is -2.01. The molecule has 0 aromatic heterocycles. The van der Waals surface area contributed by atoms with Gasteiger partial charge in [-0.05, 0) is 18.2 Å². The van der Waals surface area contributed by atoms with Crippen LogP contribution in [0.25, 0.3) is 0 Å². The highest BCUT2D eigenvalue weighted by atomic mass is 16.5. The number of hydrogen-bond donors (Lipinski definition) is 1. The monoisotopic (exact) mass is 206 g/mol. The number of aromatic carboxylic acids is 1. The van der Waals surface area contributed by atoms with Crippen molar-refractivity contribution in [3.05, 3.63) is 23.8 Å². The Balaban J connectivity index is 3.03. The van der Waals surface area contributed by atoms with Gasteiger partial charge in [-0.15, -0.1) is 6.42 Å². The second-order valence-corrected chi connectivity index (χ2v) is 2.66. The largest absolute Gasteiger partial charge is 0.493 e. The van der Waals surface area contributed by atoms with Crippen molar-refractivity contribution in [2.24, 2.45) is 0 Å². The lowest BCUT2D eigenvalue weighted by atomic mass is 10.2. The molecule has 78 valence electrons. The lowest BCUT2D eigenvalue weighted by Gasteiger charge is -2.08. The van der Waals surface area contributed by atoms with E-state index in [1.165, 1.54) is 25.3 Å². The van der Waals surface area contributed by atoms with Crippen molar-refractivity contribution >= 4 is 5.97 Å². The third-order valence-corrected chi connectivity index (χ3v) is 1.72. The molecule has 0 unspecified atom stereocenters. The van der Waals surface area contributed by atoms with Crippen LogP contribution in [0.3, 0.4) is 0 Å². The summed E-state index contributed by atoms with van der Waals surface area (Å²) in [6, 6.07) is 4.33. The van der Waals surface area contributed by atoms with Gasteiger partial charge in [-0.2, -0.15) is 0 Å². The number of carboxylic acids is 1. The van der Waals surface area contributed by atoms with Gasteiger partial charge in [0.2, 0.25) is 0 Å². The smallest absolute Gasteiger partial charge is 0.335 e. The lowest BCUT2D eigenvalue weighted by molar-refractivity contribution is 0.0696. The minimum absolute atomic E-state index is 0.0689. The van der Waals surface area contributed by atoms with Gasteiger partial charge in [-0.25, -0.2) is 4.79 Å². The molecule has 0 atom stereocenters. The first-order valence-electron chi connectivity index (χ1n) is 4.16. The zero-order chi connectivity index (χ0) is 11.3. The molecule has 0 aliphatic rings. The first kappa shape index (κ1) is 10.9. The molecule has 0 radical (unpaired) electrons. The summed E-state index contributed by atoms with van der Waals surface area (Å²) in [5, 5.41) is 8.76. The number of hydrogen-bond acceptors (Lipinski definition) is 3. The summed E-state index contributed by atoms with van der Waals surface area (Å²) in [4.78, 5) is 10.7. The van der Waals surface area contributed by atoms with Gasteiger partial charge in [0.15, 0.2) is 11.5 Å². The van der Waals surface area contributed by atoms with E-state index >= 15 is 0 Å². The normalized spacial score (nSPS) is 9.07. The van der Waals surface area contributed by atoms with E-state index < -0.39 is 5.97 Å². The van der Waals surface area contributed by atoms with E-state index in [1.807, 2.05) is 0 Å². The minimum atomic E-state index is -1.02. The van der Waals surface area contributed by atoms with Crippen LogP contribution in [0.5, 0.6) is 11.5 Å². The fourth-order valence-electron chi connectivity index (χ4n) is 1.04. The van der Waals surface area contributed by atoms with Crippen LogP contribution in [-0.2, 0) is 0 Å². The number of carbonyl (C=O) groups is 1. The number of rotatable bonds is 4. The van der Waals surface area contributed by atoms with Crippen LogP contribution in [0.15, 0.2) is 18.2 Å². The van der Waals surface area contributed by atoms with Gasteiger partial charge >= 0.3 is 5.97 Å². The number of ether oxygens (including phenoxy) is 2. The molecule has 0 amide bonds. The van der Waals surface area contributed by atoms with Gasteiger partial charge in [-0.1, -0.05) is 5.92 Å². The summed E-state index contributed by atoms with van der Waals surface area (Å²) in [6.07, 6.45) is 5.03. The van der Waals surface area contributed by atoms with Crippen molar-refractivity contribution in [2.45, 2.75) is 0 Å². The standard InChI is InChI=1S/C11H10O4/c1-3-6-15-10-7-8(11(12)13)4-5-9(10)14-2/h1,4-5,7H,6H2,2H3,(H,12,13). The minimum Gasteiger partial charge on any atom is -0.493 e. The second kappa shape index (κ2) is 4.91. The Morgan fingerprint density at radius 1 is 1.53 bits per heavy atom. The molecule has 0 heterocycles. The number of terminal acetylenes is 1. The molecular weight excluding hydrogens is 196 g/mol. The predicted molar refractivity (Wildman–Crippen MR) is 54.3 cm³/mol. The van der Waals surface area contributed by atoms with E-state index in [0.717, 1.165) is 0 Å². The fourth-order valence-corrected chi connectivity index (χ4v) is 1.04. The summed E-state index contributed by atoms with van der Waals surface area (Å²) in [7, 11) is 1.47. The van der Waals surface area contributed by atoms with E-state index in [2.05, 4.69) is 5.92 Å². The van der Waals surface area contributed by atoms with Crippen LogP contribution in [0, 0.1) is 12.3 Å². The maximum atomic E-state index is 10.7. The Kier molecular flexibility index (Phi) is 3.58. The Morgan fingerprint density at radius 2 is 2.27 bits per heavy atom. The van der Waals surface area contributed by atoms with Gasteiger partial charge in [0.25, 0.3) is 0 Å². The van der Waals surface area contributed by atoms with Gasteiger partial charge in [0, 0.05) is 0 Å². The second-order valence-electron chi connectivity index (χ2n) is 2.66. The highest BCUT2D eigenvalue weighted by molar-refractivity contribution is 5.88. The Hall–Kier alpha value is -2.15. The van der Waals surface area contributed by atoms with Crippen molar-refractivity contribution in [2.75, 3.05) is 13.7 Å². The number of benzene rings is 1. The maximum absolute atomic E-state index is 10.7. The Bertz CT molecular complexity index is 404. The molecule has 0 saturated carbocycles. The van der Waals surface area contributed by atoms with Crippen molar-refractivity contribution in [1.82, 2.24) is 0 Å². The van der Waals surface area contributed by atoms with Gasteiger partial charge in [0.05, 0.1) is 12.7 Å². The zero-order valence-corrected chi connectivity index (χ0v) is 8.19. The van der Waals surface area contributed by atoms with Crippen LogP contribution in [-0.4, -0.2) is 24.8 Å². The molecule has 1 aromatic carbocycles. The van der Waals surface area contributed by atoms with E-state index in [0.29, 0.717) is 11.5 Å². The maximum Gasteiger partial charge on any atom is 0.335 e. The van der Waals surface area contributed by atoms with Crippen molar-refractivity contribution < 1.29 is 19.4 Å². The fraction of sp³-hybridized carbons (Fsp3) is 0.182. The average molecular weight is 206 g/mol. The summed E-state index contributed by atoms with van der Waals surface area (Å²) >= 11 is 0. The van der Waals surface area contributed by atoms with Gasteiger partial charge in [0.1, 0.15) is 6.61 Å². The third kappa shape index (κ3) is 2.64. The quantitative estimate of drug-likeness (QED) is 0.756. The van der Waals surface area contributed by atoms with Crippen LogP contribution in [0.2, 0.25) is 0 Å². The summed E-state index contributed by atoms with van der Waals surface area (Å²) < 4.78 is 10.1. The Morgan fingerprint density at radius 3 is 2.80 bits per heavy atom. The molecular formula is C11H10O4. The molecule has 15 heavy (non-hydrogen) atoms. The molecule has 4 nitrogen and oxygen atoms in total. The molecule has 0 bridgehead atoms. The topological polar surface area (TPSA) is 55.8 Å². The van der Waals surface area contributed by atoms with Crippen LogP contribution >= 0.6 is 0 Å². The van der Waals surface area contributed by atoms with E-state index in [-0.39, 0.29) is 12.2 Å². The first-order valence-corrected chi connectivity index (χ1v) is 4.16. The third-order valence-electron chi connectivity index (χ3n) is 1.72. The van der Waals surface area contributed by atoms with Crippen LogP contribution in [0.4, 0.5) is 0 Å². The SMILES string of the molecule is C#CCOc1cc(C(=O)O)ccc1OC. The van der Waals surface area contributed by atoms with Gasteiger partial charge < -0.3 is 14.6 Å². The molecule has 0 aliphatic heterocycles. The highest BCUT2D eigenvalue weighted by Crippen LogP contribution is 2.27. The van der Waals surface area contributed by atoms with Crippen molar-refractivity contribution in [3.8, 4) is 23.8 Å². The van der Waals surface area contributed by atoms with Crippen LogP contribution in [0.1, 0.15) is 10.4 Å². The van der Waals surface area contributed by atoms with Gasteiger partial charge in [-0.3, -0.25) is 0 Å². The summed E-state index contributed by atoms with van der Waals surface area (Å²) in [5.41, 5.74) is 0.128. The van der Waals surface area contributed by atoms with Crippen LogP contribution < -0.4 is 9.47 Å². The van der Waals surface area contributed by atoms with E-state index in [4.69, 9.17) is 21.0 Å². The molecule has 0 aliphatic carbocycles. The number of carboxylic acid groups (broad SMARTS) is 1. The number of methoxy groups -OCH3 is 1. The van der Waals surface area contributed by atoms with E-state index in [1.54, 1.807) is 0 Å². The predicted octanol–water partition coefficient (Wildman–Crippen LogP) is 1.41. The van der Waals surface area contributed by atoms with Crippen molar-refractivity contribution in [1.29, 1.82) is 0 Å². The first-order chi connectivity index (χ1) is 7.19. The Labute approximate surface area is 87.4 Å². The zero-order valence-electron chi connectivity index (χ0n) is 8.19. The molecule has 0 saturated heterocycles. The average Bonchev–Trinajstić information content (AvgIpc) is 2.25. The molecule has 0 spiro atoms. The summed E-state index contributed by atoms with van der Waals surface area (Å²) in [5.74, 6) is 2.05. The molecule has 1 rings (SSSR count).